The van der Waals surface area contributed by atoms with Crippen LogP contribution in [0.2, 0.25) is 0 Å². The third-order valence-electron chi connectivity index (χ3n) is 4.08. The Labute approximate surface area is 144 Å². The van der Waals surface area contributed by atoms with Crippen LogP contribution in [0, 0.1) is 5.92 Å². The van der Waals surface area contributed by atoms with Gasteiger partial charge < -0.3 is 14.7 Å². The summed E-state index contributed by atoms with van der Waals surface area (Å²) in [7, 11) is 0. The molecule has 132 valence electrons. The summed E-state index contributed by atoms with van der Waals surface area (Å²) in [5.41, 5.74) is 0.563. The average molecular weight is 344 g/mol. The summed E-state index contributed by atoms with van der Waals surface area (Å²) in [6.45, 7) is 2.78. The standard InChI is InChI=1S/C16H20N6O3/c1-11(23)19-9-15(24)22-6-2-3-12(10-22)7-14-20-16(21-25-14)13-8-17-4-5-18-13/h4-5,8,12H,2-3,6-7,9-10H2,1H3,(H,19,23)/t12-/m1/s1. The van der Waals surface area contributed by atoms with Gasteiger partial charge in [0.15, 0.2) is 0 Å². The molecule has 0 bridgehead atoms. The molecule has 1 aliphatic rings. The molecule has 0 saturated carbocycles. The Morgan fingerprint density at radius 3 is 3.04 bits per heavy atom. The van der Waals surface area contributed by atoms with Gasteiger partial charge in [-0.05, 0) is 18.8 Å². The van der Waals surface area contributed by atoms with Crippen molar-refractivity contribution in [3.8, 4) is 11.5 Å². The highest BCUT2D eigenvalue weighted by Crippen LogP contribution is 2.21. The van der Waals surface area contributed by atoms with E-state index in [9.17, 15) is 9.59 Å². The fraction of sp³-hybridized carbons (Fsp3) is 0.500. The smallest absolute Gasteiger partial charge is 0.241 e. The van der Waals surface area contributed by atoms with E-state index in [0.29, 0.717) is 36.9 Å². The van der Waals surface area contributed by atoms with E-state index in [0.717, 1.165) is 12.8 Å². The fourth-order valence-electron chi connectivity index (χ4n) is 2.87. The van der Waals surface area contributed by atoms with Crippen molar-refractivity contribution in [3.05, 3.63) is 24.5 Å². The Hall–Kier alpha value is -2.84. The third-order valence-corrected chi connectivity index (χ3v) is 4.08. The van der Waals surface area contributed by atoms with Gasteiger partial charge in [-0.25, -0.2) is 4.98 Å². The van der Waals surface area contributed by atoms with Gasteiger partial charge in [0, 0.05) is 38.8 Å². The van der Waals surface area contributed by atoms with Crippen molar-refractivity contribution >= 4 is 11.8 Å². The lowest BCUT2D eigenvalue weighted by atomic mass is 9.94. The van der Waals surface area contributed by atoms with E-state index < -0.39 is 0 Å². The van der Waals surface area contributed by atoms with Crippen molar-refractivity contribution in [1.82, 2.24) is 30.3 Å². The number of aromatic nitrogens is 4. The normalized spacial score (nSPS) is 17.3. The molecular weight excluding hydrogens is 324 g/mol. The highest BCUT2D eigenvalue weighted by atomic mass is 16.5. The number of nitrogens with zero attached hydrogens (tertiary/aromatic N) is 5. The van der Waals surface area contributed by atoms with Crippen LogP contribution in [0.25, 0.3) is 11.5 Å². The minimum absolute atomic E-state index is 0.0411. The minimum Gasteiger partial charge on any atom is -0.347 e. The molecule has 2 amide bonds. The van der Waals surface area contributed by atoms with Crippen molar-refractivity contribution in [3.63, 3.8) is 0 Å². The first-order valence-electron chi connectivity index (χ1n) is 8.23. The molecule has 1 aliphatic heterocycles. The molecule has 1 N–H and O–H groups in total. The average Bonchev–Trinajstić information content (AvgIpc) is 3.09. The Balaban J connectivity index is 1.57. The Bertz CT molecular complexity index is 732. The van der Waals surface area contributed by atoms with Gasteiger partial charge >= 0.3 is 0 Å². The molecular formula is C16H20N6O3. The zero-order valence-corrected chi connectivity index (χ0v) is 14.0. The third kappa shape index (κ3) is 4.59. The SMILES string of the molecule is CC(=O)NCC(=O)N1CCC[C@H](Cc2nc(-c3cnccn3)no2)C1. The van der Waals surface area contributed by atoms with Crippen LogP contribution >= 0.6 is 0 Å². The number of carbonyl (C=O) groups is 2. The quantitative estimate of drug-likeness (QED) is 0.837. The summed E-state index contributed by atoms with van der Waals surface area (Å²) in [6.07, 6.45) is 7.26. The van der Waals surface area contributed by atoms with Crippen molar-refractivity contribution in [2.75, 3.05) is 19.6 Å². The molecule has 3 rings (SSSR count). The van der Waals surface area contributed by atoms with Gasteiger partial charge in [0.25, 0.3) is 0 Å². The fourth-order valence-corrected chi connectivity index (χ4v) is 2.87. The van der Waals surface area contributed by atoms with Gasteiger partial charge in [-0.1, -0.05) is 5.16 Å². The number of amides is 2. The maximum absolute atomic E-state index is 12.1. The maximum Gasteiger partial charge on any atom is 0.241 e. The highest BCUT2D eigenvalue weighted by molar-refractivity contribution is 5.83. The predicted molar refractivity (Wildman–Crippen MR) is 87.0 cm³/mol. The van der Waals surface area contributed by atoms with Gasteiger partial charge in [-0.2, -0.15) is 4.98 Å². The monoisotopic (exact) mass is 344 g/mol. The first-order valence-corrected chi connectivity index (χ1v) is 8.23. The number of rotatable bonds is 5. The Kier molecular flexibility index (Phi) is 5.32. The summed E-state index contributed by atoms with van der Waals surface area (Å²) >= 11 is 0. The molecule has 0 aromatic carbocycles. The minimum atomic E-state index is -0.204. The molecule has 2 aromatic rings. The molecule has 0 radical (unpaired) electrons. The first kappa shape index (κ1) is 17.0. The van der Waals surface area contributed by atoms with Crippen molar-refractivity contribution in [2.24, 2.45) is 5.92 Å². The lowest BCUT2D eigenvalue weighted by Crippen LogP contribution is -2.45. The molecule has 25 heavy (non-hydrogen) atoms. The molecule has 1 atom stereocenters. The van der Waals surface area contributed by atoms with Gasteiger partial charge in [0.2, 0.25) is 23.5 Å². The van der Waals surface area contributed by atoms with E-state index in [1.807, 2.05) is 0 Å². The molecule has 3 heterocycles. The summed E-state index contributed by atoms with van der Waals surface area (Å²) in [5.74, 6) is 0.930. The number of likely N-dealkylation sites (tertiary alicyclic amines) is 1. The zero-order chi connectivity index (χ0) is 17.6. The second-order valence-electron chi connectivity index (χ2n) is 6.06. The molecule has 0 unspecified atom stereocenters. The van der Waals surface area contributed by atoms with Crippen LogP contribution in [-0.4, -0.2) is 56.5 Å². The second kappa shape index (κ2) is 7.82. The molecule has 2 aromatic heterocycles. The number of hydrogen-bond acceptors (Lipinski definition) is 7. The van der Waals surface area contributed by atoms with Gasteiger partial charge in [-0.3, -0.25) is 14.6 Å². The van der Waals surface area contributed by atoms with Crippen molar-refractivity contribution < 1.29 is 14.1 Å². The van der Waals surface area contributed by atoms with Crippen LogP contribution in [0.3, 0.4) is 0 Å². The van der Waals surface area contributed by atoms with E-state index >= 15 is 0 Å². The van der Waals surface area contributed by atoms with E-state index in [-0.39, 0.29) is 24.3 Å². The highest BCUT2D eigenvalue weighted by Gasteiger charge is 2.25. The van der Waals surface area contributed by atoms with Crippen LogP contribution in [0.1, 0.15) is 25.7 Å². The Morgan fingerprint density at radius 1 is 1.40 bits per heavy atom. The van der Waals surface area contributed by atoms with Crippen LogP contribution in [-0.2, 0) is 16.0 Å². The molecule has 9 heteroatoms. The predicted octanol–water partition coefficient (Wildman–Crippen LogP) is 0.444. The van der Waals surface area contributed by atoms with Gasteiger partial charge in [0.1, 0.15) is 5.69 Å². The molecule has 1 fully saturated rings. The first-order chi connectivity index (χ1) is 12.1. The van der Waals surface area contributed by atoms with E-state index in [4.69, 9.17) is 4.52 Å². The van der Waals surface area contributed by atoms with E-state index in [2.05, 4.69) is 25.4 Å². The molecule has 0 aliphatic carbocycles. The van der Waals surface area contributed by atoms with Gasteiger partial charge in [0.05, 0.1) is 12.7 Å². The molecule has 0 spiro atoms. The summed E-state index contributed by atoms with van der Waals surface area (Å²) in [4.78, 5) is 37.3. The molecule has 1 saturated heterocycles. The van der Waals surface area contributed by atoms with Crippen molar-refractivity contribution in [2.45, 2.75) is 26.2 Å². The number of carbonyl (C=O) groups excluding carboxylic acids is 2. The van der Waals surface area contributed by atoms with E-state index in [1.54, 1.807) is 23.5 Å². The van der Waals surface area contributed by atoms with E-state index in [1.165, 1.54) is 6.92 Å². The zero-order valence-electron chi connectivity index (χ0n) is 14.0. The summed E-state index contributed by atoms with van der Waals surface area (Å²) in [6, 6.07) is 0. The lowest BCUT2D eigenvalue weighted by molar-refractivity contribution is -0.134. The topological polar surface area (TPSA) is 114 Å². The van der Waals surface area contributed by atoms with Crippen molar-refractivity contribution in [1.29, 1.82) is 0 Å². The second-order valence-corrected chi connectivity index (χ2v) is 6.06. The van der Waals surface area contributed by atoms with Crippen LogP contribution < -0.4 is 5.32 Å². The largest absolute Gasteiger partial charge is 0.347 e. The number of hydrogen-bond donors (Lipinski definition) is 1. The molecule has 9 nitrogen and oxygen atoms in total. The van der Waals surface area contributed by atoms with Gasteiger partial charge in [-0.15, -0.1) is 0 Å². The lowest BCUT2D eigenvalue weighted by Gasteiger charge is -2.32. The van der Waals surface area contributed by atoms with Crippen LogP contribution in [0.4, 0.5) is 0 Å². The number of piperidine rings is 1. The van der Waals surface area contributed by atoms with Crippen LogP contribution in [0.15, 0.2) is 23.1 Å². The maximum atomic E-state index is 12.1. The Morgan fingerprint density at radius 2 is 2.28 bits per heavy atom. The van der Waals surface area contributed by atoms with Crippen LogP contribution in [0.5, 0.6) is 0 Å². The summed E-state index contributed by atoms with van der Waals surface area (Å²) in [5, 5.41) is 6.48. The summed E-state index contributed by atoms with van der Waals surface area (Å²) < 4.78 is 5.31. The number of nitrogens with one attached hydrogen (secondary N) is 1.